The number of rotatable bonds is 5. The minimum Gasteiger partial charge on any atom is -0.497 e. The molecule has 0 aliphatic heterocycles. The van der Waals surface area contributed by atoms with Gasteiger partial charge in [0.05, 0.1) is 19.3 Å². The van der Waals surface area contributed by atoms with Gasteiger partial charge in [-0.15, -0.1) is 35.3 Å². The molecule has 0 unspecified atom stereocenters. The zero-order chi connectivity index (χ0) is 15.2. The average molecular weight is 432 g/mol. The fourth-order valence-corrected chi connectivity index (χ4v) is 2.57. The second-order valence-corrected chi connectivity index (χ2v) is 5.73. The van der Waals surface area contributed by atoms with Crippen LogP contribution in [0.3, 0.4) is 0 Å². The van der Waals surface area contributed by atoms with E-state index in [4.69, 9.17) is 10.5 Å². The van der Waals surface area contributed by atoms with Crippen molar-refractivity contribution in [2.75, 3.05) is 7.11 Å². The third-order valence-electron chi connectivity index (χ3n) is 2.74. The van der Waals surface area contributed by atoms with Crippen LogP contribution in [-0.4, -0.2) is 24.1 Å². The molecule has 0 saturated heterocycles. The third-order valence-corrected chi connectivity index (χ3v) is 3.68. The molecule has 22 heavy (non-hydrogen) atoms. The molecule has 5 nitrogen and oxygen atoms in total. The van der Waals surface area contributed by atoms with E-state index in [1.165, 1.54) is 0 Å². The maximum atomic E-state index is 5.77. The number of hydrogen-bond donors (Lipinski definition) is 2. The molecule has 0 radical (unpaired) electrons. The lowest BCUT2D eigenvalue weighted by Crippen LogP contribution is -2.36. The van der Waals surface area contributed by atoms with Crippen molar-refractivity contribution < 1.29 is 4.74 Å². The van der Waals surface area contributed by atoms with Crippen molar-refractivity contribution in [2.24, 2.45) is 10.7 Å². The van der Waals surface area contributed by atoms with Crippen LogP contribution in [0.5, 0.6) is 5.75 Å². The molecule has 2 aromatic rings. The van der Waals surface area contributed by atoms with E-state index in [9.17, 15) is 0 Å². The van der Waals surface area contributed by atoms with E-state index in [1.807, 2.05) is 43.5 Å². The Hall–Kier alpha value is -1.35. The quantitative estimate of drug-likeness (QED) is 0.432. The highest BCUT2D eigenvalue weighted by Gasteiger charge is 2.05. The van der Waals surface area contributed by atoms with Gasteiger partial charge in [-0.1, -0.05) is 0 Å². The molecule has 0 aliphatic rings. The first-order chi connectivity index (χ1) is 10.1. The molecule has 0 bridgehead atoms. The highest BCUT2D eigenvalue weighted by Crippen LogP contribution is 2.25. The van der Waals surface area contributed by atoms with Gasteiger partial charge in [-0.05, 0) is 38.1 Å². The lowest BCUT2D eigenvalue weighted by atomic mass is 10.2. The Morgan fingerprint density at radius 3 is 2.64 bits per heavy atom. The van der Waals surface area contributed by atoms with E-state index in [-0.39, 0.29) is 30.0 Å². The van der Waals surface area contributed by atoms with Gasteiger partial charge in [0.25, 0.3) is 0 Å². The molecular weight excluding hydrogens is 411 g/mol. The molecular formula is C15H21IN4OS. The van der Waals surface area contributed by atoms with Gasteiger partial charge in [-0.25, -0.2) is 9.98 Å². The van der Waals surface area contributed by atoms with Crippen LogP contribution in [0.15, 0.2) is 34.6 Å². The van der Waals surface area contributed by atoms with Gasteiger partial charge in [0.15, 0.2) is 5.96 Å². The van der Waals surface area contributed by atoms with Crippen molar-refractivity contribution in [3.63, 3.8) is 0 Å². The molecule has 2 rings (SSSR count). The topological polar surface area (TPSA) is 72.5 Å². The predicted molar refractivity (Wildman–Crippen MR) is 103 cm³/mol. The number of hydrogen-bond acceptors (Lipinski definition) is 4. The number of methoxy groups -OCH3 is 1. The van der Waals surface area contributed by atoms with Crippen LogP contribution in [0.25, 0.3) is 10.6 Å². The predicted octanol–water partition coefficient (Wildman–Crippen LogP) is 3.25. The second kappa shape index (κ2) is 8.94. The highest BCUT2D eigenvalue weighted by molar-refractivity contribution is 14.0. The Bertz CT molecular complexity index is 610. The summed E-state index contributed by atoms with van der Waals surface area (Å²) in [4.78, 5) is 8.85. The number of thiazole rings is 1. The maximum absolute atomic E-state index is 5.77. The van der Waals surface area contributed by atoms with E-state index in [1.54, 1.807) is 18.4 Å². The molecule has 7 heteroatoms. The number of aliphatic imine (C=N–C) groups is 1. The van der Waals surface area contributed by atoms with E-state index in [0.717, 1.165) is 22.0 Å². The largest absolute Gasteiger partial charge is 0.497 e. The number of benzene rings is 1. The summed E-state index contributed by atoms with van der Waals surface area (Å²) in [5, 5.41) is 6.03. The van der Waals surface area contributed by atoms with Crippen LogP contribution in [0.2, 0.25) is 0 Å². The van der Waals surface area contributed by atoms with Gasteiger partial charge < -0.3 is 15.8 Å². The fraction of sp³-hybridized carbons (Fsp3) is 0.333. The van der Waals surface area contributed by atoms with Crippen LogP contribution in [-0.2, 0) is 6.54 Å². The van der Waals surface area contributed by atoms with Crippen LogP contribution in [0.4, 0.5) is 0 Å². The van der Waals surface area contributed by atoms with E-state index in [2.05, 4.69) is 15.3 Å². The van der Waals surface area contributed by atoms with Gasteiger partial charge >= 0.3 is 0 Å². The Balaban J connectivity index is 0.00000242. The molecule has 0 spiro atoms. The molecule has 0 atom stereocenters. The Labute approximate surface area is 152 Å². The molecule has 1 aromatic carbocycles. The smallest absolute Gasteiger partial charge is 0.189 e. The van der Waals surface area contributed by atoms with Gasteiger partial charge in [0, 0.05) is 17.0 Å². The van der Waals surface area contributed by atoms with Crippen LogP contribution >= 0.6 is 35.3 Å². The number of guanidine groups is 1. The van der Waals surface area contributed by atoms with Crippen molar-refractivity contribution >= 4 is 41.3 Å². The van der Waals surface area contributed by atoms with Crippen molar-refractivity contribution in [2.45, 2.75) is 26.4 Å². The summed E-state index contributed by atoms with van der Waals surface area (Å²) in [6.07, 6.45) is 0. The van der Waals surface area contributed by atoms with Gasteiger partial charge in [-0.2, -0.15) is 0 Å². The molecule has 120 valence electrons. The summed E-state index contributed by atoms with van der Waals surface area (Å²) in [6, 6.07) is 8.14. The first kappa shape index (κ1) is 18.7. The lowest BCUT2D eigenvalue weighted by Gasteiger charge is -2.07. The number of nitrogens with one attached hydrogen (secondary N) is 1. The zero-order valence-electron chi connectivity index (χ0n) is 12.9. The summed E-state index contributed by atoms with van der Waals surface area (Å²) in [6.45, 7) is 4.53. The molecule has 1 aromatic heterocycles. The normalized spacial score (nSPS) is 11.2. The Kier molecular flexibility index (Phi) is 7.60. The van der Waals surface area contributed by atoms with Crippen molar-refractivity contribution in [1.29, 1.82) is 0 Å². The summed E-state index contributed by atoms with van der Waals surface area (Å²) >= 11 is 1.60. The van der Waals surface area contributed by atoms with Gasteiger partial charge in [0.2, 0.25) is 0 Å². The number of nitrogens with two attached hydrogens (primary N) is 1. The van der Waals surface area contributed by atoms with Crippen LogP contribution in [0, 0.1) is 0 Å². The standard InChI is InChI=1S/C15H20N4OS.HI/c1-10(2)18-15(16)17-8-12-9-21-14(19-12)11-4-6-13(20-3)7-5-11;/h4-7,9-10H,8H2,1-3H3,(H3,16,17,18);1H. The fourth-order valence-electron chi connectivity index (χ4n) is 1.75. The third kappa shape index (κ3) is 5.45. The van der Waals surface area contributed by atoms with Crippen LogP contribution < -0.4 is 15.8 Å². The monoisotopic (exact) mass is 432 g/mol. The first-order valence-electron chi connectivity index (χ1n) is 6.73. The Morgan fingerprint density at radius 2 is 2.05 bits per heavy atom. The van der Waals surface area contributed by atoms with Gasteiger partial charge in [-0.3, -0.25) is 0 Å². The molecule has 0 fully saturated rings. The maximum Gasteiger partial charge on any atom is 0.189 e. The summed E-state index contributed by atoms with van der Waals surface area (Å²) in [5.41, 5.74) is 7.76. The second-order valence-electron chi connectivity index (χ2n) is 4.87. The van der Waals surface area contributed by atoms with E-state index >= 15 is 0 Å². The lowest BCUT2D eigenvalue weighted by molar-refractivity contribution is 0.415. The first-order valence-corrected chi connectivity index (χ1v) is 7.61. The molecule has 0 amide bonds. The SMILES string of the molecule is COc1ccc(-c2nc(CN=C(N)NC(C)C)cs2)cc1.I. The van der Waals surface area contributed by atoms with Crippen molar-refractivity contribution in [1.82, 2.24) is 10.3 Å². The summed E-state index contributed by atoms with van der Waals surface area (Å²) in [5.74, 6) is 1.29. The minimum atomic E-state index is 0. The molecule has 0 saturated carbocycles. The van der Waals surface area contributed by atoms with Crippen molar-refractivity contribution in [3.8, 4) is 16.3 Å². The molecule has 0 aliphatic carbocycles. The zero-order valence-corrected chi connectivity index (χ0v) is 16.0. The minimum absolute atomic E-state index is 0. The number of halogens is 1. The Morgan fingerprint density at radius 1 is 1.36 bits per heavy atom. The van der Waals surface area contributed by atoms with E-state index in [0.29, 0.717) is 12.5 Å². The summed E-state index contributed by atoms with van der Waals surface area (Å²) in [7, 11) is 1.66. The number of nitrogens with zero attached hydrogens (tertiary/aromatic N) is 2. The molecule has 1 heterocycles. The number of ether oxygens (including phenoxy) is 1. The van der Waals surface area contributed by atoms with Crippen LogP contribution in [0.1, 0.15) is 19.5 Å². The average Bonchev–Trinajstić information content (AvgIpc) is 2.93. The van der Waals surface area contributed by atoms with E-state index < -0.39 is 0 Å². The molecule has 3 N–H and O–H groups in total. The summed E-state index contributed by atoms with van der Waals surface area (Å²) < 4.78 is 5.15. The highest BCUT2D eigenvalue weighted by atomic mass is 127. The number of aromatic nitrogens is 1. The van der Waals surface area contributed by atoms with Crippen molar-refractivity contribution in [3.05, 3.63) is 35.3 Å². The van der Waals surface area contributed by atoms with Gasteiger partial charge in [0.1, 0.15) is 10.8 Å².